The summed E-state index contributed by atoms with van der Waals surface area (Å²) in [5, 5.41) is 12.5. The first-order valence-corrected chi connectivity index (χ1v) is 6.98. The van der Waals surface area contributed by atoms with Crippen molar-refractivity contribution in [1.82, 2.24) is 5.32 Å². The van der Waals surface area contributed by atoms with Gasteiger partial charge in [0, 0.05) is 6.04 Å². The highest BCUT2D eigenvalue weighted by Gasteiger charge is 2.15. The quantitative estimate of drug-likeness (QED) is 0.568. The van der Waals surface area contributed by atoms with Gasteiger partial charge in [0.15, 0.2) is 0 Å². The normalized spacial score (nSPS) is 13.6. The lowest BCUT2D eigenvalue weighted by molar-refractivity contribution is 0.0451. The van der Waals surface area contributed by atoms with Crippen molar-refractivity contribution in [3.8, 4) is 0 Å². The molecule has 2 N–H and O–H groups in total. The zero-order valence-corrected chi connectivity index (χ0v) is 12.2. The molecule has 5 nitrogen and oxygen atoms in total. The van der Waals surface area contributed by atoms with Crippen LogP contribution in [0.5, 0.6) is 0 Å². The number of ether oxygens (including phenoxy) is 2. The summed E-state index contributed by atoms with van der Waals surface area (Å²) in [6.45, 7) is 1.98. The molecule has 1 aromatic carbocycles. The molecule has 0 bridgehead atoms. The average Bonchev–Trinajstić information content (AvgIpc) is 2.49. The smallest absolute Gasteiger partial charge is 0.433 e. The summed E-state index contributed by atoms with van der Waals surface area (Å²) in [6, 6.07) is 9.49. The van der Waals surface area contributed by atoms with E-state index in [1.807, 2.05) is 37.3 Å². The fraction of sp³-hybridized carbons (Fsp3) is 0.500. The molecule has 0 fully saturated rings. The lowest BCUT2D eigenvalue weighted by atomic mass is 10.1. The number of rotatable bonds is 8. The monoisotopic (exact) mass is 301 g/mol. The molecule has 0 aliphatic rings. The molecule has 112 valence electrons. The summed E-state index contributed by atoms with van der Waals surface area (Å²) in [4.78, 5) is 11.2. The van der Waals surface area contributed by atoms with E-state index in [0.29, 0.717) is 0 Å². The van der Waals surface area contributed by atoms with E-state index in [2.05, 4.69) is 10.1 Å². The number of carbonyl (C=O) groups excluding carboxylic acids is 1. The van der Waals surface area contributed by atoms with Gasteiger partial charge < -0.3 is 19.9 Å². The third kappa shape index (κ3) is 6.23. The Labute approximate surface area is 123 Å². The molecule has 20 heavy (non-hydrogen) atoms. The summed E-state index contributed by atoms with van der Waals surface area (Å²) >= 11 is 5.39. The van der Waals surface area contributed by atoms with E-state index in [1.165, 1.54) is 0 Å². The standard InChI is InChI=1S/C14H20ClNO4/c1-11(12-5-3-2-4-6-12)16-13(9-17)10-20-14(18)19-8-7-15/h2-6,11,13,16-17H,7-10H2,1H3/t11-,13+/m1/s1. The van der Waals surface area contributed by atoms with Crippen molar-refractivity contribution in [3.05, 3.63) is 35.9 Å². The van der Waals surface area contributed by atoms with E-state index in [9.17, 15) is 9.90 Å². The van der Waals surface area contributed by atoms with Gasteiger partial charge in [0.1, 0.15) is 13.2 Å². The lowest BCUT2D eigenvalue weighted by Gasteiger charge is -2.21. The summed E-state index contributed by atoms with van der Waals surface area (Å²) in [5.41, 5.74) is 1.09. The maximum atomic E-state index is 11.2. The molecule has 0 amide bonds. The van der Waals surface area contributed by atoms with Crippen LogP contribution >= 0.6 is 11.6 Å². The molecule has 0 unspecified atom stereocenters. The Balaban J connectivity index is 2.37. The van der Waals surface area contributed by atoms with Crippen LogP contribution in [0.3, 0.4) is 0 Å². The SMILES string of the molecule is C[C@@H](N[C@@H](CO)COC(=O)OCCCl)c1ccccc1. The minimum atomic E-state index is -0.779. The van der Waals surface area contributed by atoms with Crippen molar-refractivity contribution in [2.45, 2.75) is 19.0 Å². The molecule has 0 aromatic heterocycles. The van der Waals surface area contributed by atoms with Crippen molar-refractivity contribution in [2.24, 2.45) is 0 Å². The highest BCUT2D eigenvalue weighted by Crippen LogP contribution is 2.12. The fourth-order valence-electron chi connectivity index (χ4n) is 1.68. The first kappa shape index (κ1) is 16.8. The summed E-state index contributed by atoms with van der Waals surface area (Å²) in [5.74, 6) is 0.224. The van der Waals surface area contributed by atoms with Gasteiger partial charge >= 0.3 is 6.16 Å². The topological polar surface area (TPSA) is 67.8 Å². The van der Waals surface area contributed by atoms with Crippen molar-refractivity contribution in [3.63, 3.8) is 0 Å². The van der Waals surface area contributed by atoms with E-state index in [0.717, 1.165) is 5.56 Å². The van der Waals surface area contributed by atoms with Gasteiger partial charge in [-0.1, -0.05) is 30.3 Å². The molecule has 0 spiro atoms. The second-order valence-corrected chi connectivity index (χ2v) is 4.65. The van der Waals surface area contributed by atoms with Crippen LogP contribution in [0, 0.1) is 0 Å². The van der Waals surface area contributed by atoms with Crippen LogP contribution < -0.4 is 5.32 Å². The zero-order chi connectivity index (χ0) is 14.8. The maximum Gasteiger partial charge on any atom is 0.508 e. The van der Waals surface area contributed by atoms with Crippen LogP contribution in [0.25, 0.3) is 0 Å². The van der Waals surface area contributed by atoms with Crippen LogP contribution in [0.1, 0.15) is 18.5 Å². The second-order valence-electron chi connectivity index (χ2n) is 4.28. The molecule has 6 heteroatoms. The van der Waals surface area contributed by atoms with Crippen LogP contribution in [0.2, 0.25) is 0 Å². The number of aliphatic hydroxyl groups excluding tert-OH is 1. The predicted octanol–water partition coefficient (Wildman–Crippen LogP) is 2.09. The van der Waals surface area contributed by atoms with Crippen molar-refractivity contribution >= 4 is 17.8 Å². The van der Waals surface area contributed by atoms with Crippen LogP contribution in [-0.2, 0) is 9.47 Å². The van der Waals surface area contributed by atoms with Gasteiger partial charge in [-0.25, -0.2) is 4.79 Å². The Morgan fingerprint density at radius 1 is 1.35 bits per heavy atom. The fourth-order valence-corrected chi connectivity index (χ4v) is 1.75. The first-order chi connectivity index (χ1) is 9.67. The molecule has 0 aliphatic heterocycles. The molecular weight excluding hydrogens is 282 g/mol. The Hall–Kier alpha value is -1.30. The van der Waals surface area contributed by atoms with Gasteiger partial charge in [-0.05, 0) is 12.5 Å². The third-order valence-corrected chi connectivity index (χ3v) is 2.86. The molecule has 0 radical (unpaired) electrons. The van der Waals surface area contributed by atoms with Crippen molar-refractivity contribution < 1.29 is 19.4 Å². The van der Waals surface area contributed by atoms with E-state index in [4.69, 9.17) is 16.3 Å². The highest BCUT2D eigenvalue weighted by molar-refractivity contribution is 6.18. The molecular formula is C14H20ClNO4. The Morgan fingerprint density at radius 3 is 2.65 bits per heavy atom. The Morgan fingerprint density at radius 2 is 2.05 bits per heavy atom. The number of hydrogen-bond donors (Lipinski definition) is 2. The maximum absolute atomic E-state index is 11.2. The number of nitrogens with one attached hydrogen (secondary N) is 1. The van der Waals surface area contributed by atoms with E-state index < -0.39 is 6.16 Å². The Kier molecular flexibility index (Phi) is 8.02. The number of alkyl halides is 1. The van der Waals surface area contributed by atoms with Crippen molar-refractivity contribution in [2.75, 3.05) is 25.7 Å². The number of halogens is 1. The number of aliphatic hydroxyl groups is 1. The van der Waals surface area contributed by atoms with Gasteiger partial charge in [-0.15, -0.1) is 11.6 Å². The molecule has 0 saturated heterocycles. The van der Waals surface area contributed by atoms with E-state index in [-0.39, 0.29) is 37.8 Å². The molecule has 0 aliphatic carbocycles. The van der Waals surface area contributed by atoms with Gasteiger partial charge in [0.25, 0.3) is 0 Å². The molecule has 0 heterocycles. The second kappa shape index (κ2) is 9.58. The number of carbonyl (C=O) groups is 1. The molecule has 1 aromatic rings. The summed E-state index contributed by atoms with van der Waals surface area (Å²) in [6.07, 6.45) is -0.779. The highest BCUT2D eigenvalue weighted by atomic mass is 35.5. The van der Waals surface area contributed by atoms with Crippen molar-refractivity contribution in [1.29, 1.82) is 0 Å². The minimum Gasteiger partial charge on any atom is -0.433 e. The number of benzene rings is 1. The minimum absolute atomic E-state index is 0.0365. The molecule has 1 rings (SSSR count). The molecule has 2 atom stereocenters. The Bertz CT molecular complexity index is 388. The number of hydrogen-bond acceptors (Lipinski definition) is 5. The predicted molar refractivity (Wildman–Crippen MR) is 76.9 cm³/mol. The first-order valence-electron chi connectivity index (χ1n) is 6.44. The molecule has 0 saturated carbocycles. The van der Waals surface area contributed by atoms with Gasteiger partial charge in [0.05, 0.1) is 18.5 Å². The summed E-state index contributed by atoms with van der Waals surface area (Å²) in [7, 11) is 0. The van der Waals surface area contributed by atoms with E-state index in [1.54, 1.807) is 0 Å². The van der Waals surface area contributed by atoms with Crippen LogP contribution in [0.15, 0.2) is 30.3 Å². The average molecular weight is 302 g/mol. The third-order valence-electron chi connectivity index (χ3n) is 2.71. The van der Waals surface area contributed by atoms with Crippen LogP contribution in [-0.4, -0.2) is 43.0 Å². The van der Waals surface area contributed by atoms with Gasteiger partial charge in [-0.3, -0.25) is 0 Å². The van der Waals surface area contributed by atoms with E-state index >= 15 is 0 Å². The van der Waals surface area contributed by atoms with Crippen LogP contribution in [0.4, 0.5) is 4.79 Å². The van der Waals surface area contributed by atoms with Gasteiger partial charge in [0.2, 0.25) is 0 Å². The zero-order valence-electron chi connectivity index (χ0n) is 11.4. The largest absolute Gasteiger partial charge is 0.508 e. The van der Waals surface area contributed by atoms with Gasteiger partial charge in [-0.2, -0.15) is 0 Å². The summed E-state index contributed by atoms with van der Waals surface area (Å²) < 4.78 is 9.56. The lowest BCUT2D eigenvalue weighted by Crippen LogP contribution is -2.39.